The number of hydrogen-bond donors (Lipinski definition) is 1. The molecule has 10 nitrogen and oxygen atoms in total. The van der Waals surface area contributed by atoms with Gasteiger partial charge in [0.1, 0.15) is 23.7 Å². The summed E-state index contributed by atoms with van der Waals surface area (Å²) in [5, 5.41) is 12.4. The van der Waals surface area contributed by atoms with Crippen molar-refractivity contribution >= 4 is 21.8 Å². The van der Waals surface area contributed by atoms with Crippen LogP contribution < -0.4 is 18.9 Å². The average molecular weight is 622 g/mol. The van der Waals surface area contributed by atoms with Gasteiger partial charge in [-0.3, -0.25) is 14.9 Å². The van der Waals surface area contributed by atoms with Gasteiger partial charge in [0, 0.05) is 47.4 Å². The summed E-state index contributed by atoms with van der Waals surface area (Å²) < 4.78 is 23.9. The highest BCUT2D eigenvalue weighted by atomic mass is 16.5. The number of likely N-dealkylation sites (tertiary alicyclic amines) is 1. The molecule has 0 spiro atoms. The number of aromatic nitrogens is 4. The zero-order valence-corrected chi connectivity index (χ0v) is 26.6. The monoisotopic (exact) mass is 621 g/mol. The highest BCUT2D eigenvalue weighted by Crippen LogP contribution is 2.35. The molecule has 6 rings (SSSR count). The average Bonchev–Trinajstić information content (AvgIpc) is 3.07. The molecule has 2 unspecified atom stereocenters. The minimum atomic E-state index is -0.451. The molecule has 1 fully saturated rings. The third-order valence-corrected chi connectivity index (χ3v) is 8.80. The molecular formula is C36H39N5O5. The maximum absolute atomic E-state index is 10.6. The van der Waals surface area contributed by atoms with E-state index in [2.05, 4.69) is 44.4 Å². The molecule has 2 aromatic carbocycles. The third kappa shape index (κ3) is 6.67. The van der Waals surface area contributed by atoms with Gasteiger partial charge >= 0.3 is 6.01 Å². The van der Waals surface area contributed by atoms with Crippen molar-refractivity contribution in [1.29, 1.82) is 0 Å². The zero-order chi connectivity index (χ0) is 32.2. The van der Waals surface area contributed by atoms with Crippen molar-refractivity contribution in [2.24, 2.45) is 11.8 Å². The Morgan fingerprint density at radius 1 is 0.891 bits per heavy atom. The standard InChI is InChI=1S/C36H39N5O5/c1-6-24-20-41(16-13-22(24)2)21-33(28-12-15-38-32-10-8-26(44-5)18-30(28)32)46-35-19-34(39-36(42)40-35)45-23(3)27-11-14-37-31-9-7-25(43-4)17-29(27)31/h6-12,14-15,17-19,22-24,33H,1,13,16,20-21H2,2-5H3,(H,39,40,42)/t22?,23?,24-,33+/m0/s1. The lowest BCUT2D eigenvalue weighted by Crippen LogP contribution is -2.41. The van der Waals surface area contributed by atoms with E-state index in [1.165, 1.54) is 0 Å². The first-order chi connectivity index (χ1) is 22.3. The number of fused-ring (bicyclic) bond motifs is 2. The number of piperidine rings is 1. The Morgan fingerprint density at radius 3 is 2.13 bits per heavy atom. The van der Waals surface area contributed by atoms with Crippen LogP contribution in [0.2, 0.25) is 0 Å². The van der Waals surface area contributed by atoms with E-state index in [0.717, 1.165) is 63.9 Å². The second-order valence-electron chi connectivity index (χ2n) is 11.7. The van der Waals surface area contributed by atoms with Gasteiger partial charge in [-0.25, -0.2) is 0 Å². The van der Waals surface area contributed by atoms with E-state index in [0.29, 0.717) is 18.4 Å². The van der Waals surface area contributed by atoms with Gasteiger partial charge in [0.15, 0.2) is 0 Å². The molecule has 10 heteroatoms. The lowest BCUT2D eigenvalue weighted by molar-refractivity contribution is 0.0869. The number of hydrogen-bond acceptors (Lipinski definition) is 10. The predicted octanol–water partition coefficient (Wildman–Crippen LogP) is 6.70. The van der Waals surface area contributed by atoms with Crippen LogP contribution in [0, 0.1) is 11.8 Å². The Labute approximate surface area is 268 Å². The largest absolute Gasteiger partial charge is 0.497 e. The molecule has 3 aromatic heterocycles. The van der Waals surface area contributed by atoms with E-state index in [4.69, 9.17) is 18.9 Å². The van der Waals surface area contributed by atoms with Crippen LogP contribution in [-0.2, 0) is 0 Å². The fourth-order valence-electron chi connectivity index (χ4n) is 6.16. The minimum absolute atomic E-state index is 0.182. The lowest BCUT2D eigenvalue weighted by Gasteiger charge is -2.37. The summed E-state index contributed by atoms with van der Waals surface area (Å²) in [6.45, 7) is 10.7. The van der Waals surface area contributed by atoms with Crippen molar-refractivity contribution in [3.63, 3.8) is 0 Å². The summed E-state index contributed by atoms with van der Waals surface area (Å²) >= 11 is 0. The van der Waals surface area contributed by atoms with E-state index in [-0.39, 0.29) is 11.8 Å². The predicted molar refractivity (Wildman–Crippen MR) is 177 cm³/mol. The van der Waals surface area contributed by atoms with E-state index in [9.17, 15) is 5.11 Å². The fourth-order valence-corrected chi connectivity index (χ4v) is 6.16. The Bertz CT molecular complexity index is 1850. The van der Waals surface area contributed by atoms with Crippen LogP contribution in [0.5, 0.6) is 29.3 Å². The van der Waals surface area contributed by atoms with E-state index in [1.807, 2.05) is 55.5 Å². The van der Waals surface area contributed by atoms with Gasteiger partial charge in [-0.1, -0.05) is 13.0 Å². The molecule has 46 heavy (non-hydrogen) atoms. The van der Waals surface area contributed by atoms with Gasteiger partial charge in [0.2, 0.25) is 11.8 Å². The first-order valence-electron chi connectivity index (χ1n) is 15.5. The summed E-state index contributed by atoms with van der Waals surface area (Å²) in [5.74, 6) is 2.78. The fraction of sp³-hybridized carbons (Fsp3) is 0.333. The van der Waals surface area contributed by atoms with Crippen LogP contribution >= 0.6 is 0 Å². The van der Waals surface area contributed by atoms with Gasteiger partial charge in [0.25, 0.3) is 0 Å². The van der Waals surface area contributed by atoms with E-state index < -0.39 is 18.2 Å². The molecule has 0 aliphatic carbocycles. The number of benzene rings is 2. The van der Waals surface area contributed by atoms with Crippen molar-refractivity contribution in [3.05, 3.63) is 90.8 Å². The van der Waals surface area contributed by atoms with Crippen LogP contribution in [0.3, 0.4) is 0 Å². The molecule has 0 amide bonds. The molecule has 1 N–H and O–H groups in total. The number of ether oxygens (including phenoxy) is 4. The van der Waals surface area contributed by atoms with Gasteiger partial charge in [-0.2, -0.15) is 9.97 Å². The highest BCUT2D eigenvalue weighted by Gasteiger charge is 2.28. The normalized spacial score (nSPS) is 18.2. The molecule has 5 aromatic rings. The number of nitrogens with zero attached hydrogens (tertiary/aromatic N) is 5. The number of pyridine rings is 2. The molecule has 1 saturated heterocycles. The van der Waals surface area contributed by atoms with Gasteiger partial charge in [-0.15, -0.1) is 6.58 Å². The quantitative estimate of drug-likeness (QED) is 0.160. The second kappa shape index (κ2) is 13.6. The molecule has 0 radical (unpaired) electrons. The van der Waals surface area contributed by atoms with Crippen LogP contribution in [0.4, 0.5) is 0 Å². The molecule has 1 aliphatic heterocycles. The maximum atomic E-state index is 10.6. The molecule has 0 bridgehead atoms. The summed E-state index contributed by atoms with van der Waals surface area (Å²) in [7, 11) is 3.28. The van der Waals surface area contributed by atoms with Crippen LogP contribution in [0.25, 0.3) is 21.8 Å². The van der Waals surface area contributed by atoms with Crippen molar-refractivity contribution in [2.75, 3.05) is 33.9 Å². The summed E-state index contributed by atoms with van der Waals surface area (Å²) in [4.78, 5) is 19.9. The first kappa shape index (κ1) is 31.0. The Hall–Kier alpha value is -4.96. The SMILES string of the molecule is C=C[C@H]1CN(C[C@@H](Oc2cc(OC(C)c3ccnc4ccc(OC)cc34)nc(O)n2)c2ccnc3ccc(OC)cc23)CCC1C. The van der Waals surface area contributed by atoms with Crippen LogP contribution in [0.1, 0.15) is 43.6 Å². The van der Waals surface area contributed by atoms with E-state index >= 15 is 0 Å². The minimum Gasteiger partial charge on any atom is -0.497 e. The first-order valence-corrected chi connectivity index (χ1v) is 15.5. The molecule has 4 heterocycles. The van der Waals surface area contributed by atoms with Gasteiger partial charge < -0.3 is 24.1 Å². The summed E-state index contributed by atoms with van der Waals surface area (Å²) in [6.07, 6.45) is 5.76. The maximum Gasteiger partial charge on any atom is 0.320 e. The van der Waals surface area contributed by atoms with Gasteiger partial charge in [-0.05, 0) is 80.3 Å². The van der Waals surface area contributed by atoms with Crippen molar-refractivity contribution in [1.82, 2.24) is 24.8 Å². The number of rotatable bonds is 11. The van der Waals surface area contributed by atoms with Crippen LogP contribution in [-0.4, -0.2) is 63.8 Å². The van der Waals surface area contributed by atoms with Gasteiger partial charge in [0.05, 0.1) is 31.3 Å². The Kier molecular flexibility index (Phi) is 9.16. The lowest BCUT2D eigenvalue weighted by atomic mass is 9.87. The molecule has 1 aliphatic rings. The Morgan fingerprint density at radius 2 is 1.50 bits per heavy atom. The second-order valence-corrected chi connectivity index (χ2v) is 11.7. The molecule has 0 saturated carbocycles. The Balaban J connectivity index is 1.32. The smallest absolute Gasteiger partial charge is 0.320 e. The number of aromatic hydroxyl groups is 1. The van der Waals surface area contributed by atoms with Crippen LogP contribution in [0.15, 0.2) is 79.6 Å². The van der Waals surface area contributed by atoms with Crippen molar-refractivity contribution in [2.45, 2.75) is 32.5 Å². The molecule has 4 atom stereocenters. The summed E-state index contributed by atoms with van der Waals surface area (Å²) in [6, 6.07) is 16.6. The van der Waals surface area contributed by atoms with Crippen molar-refractivity contribution < 1.29 is 24.1 Å². The molecular weight excluding hydrogens is 582 g/mol. The number of methoxy groups -OCH3 is 2. The van der Waals surface area contributed by atoms with E-state index in [1.54, 1.807) is 32.7 Å². The topological polar surface area (TPSA) is 112 Å². The van der Waals surface area contributed by atoms with Crippen molar-refractivity contribution in [3.8, 4) is 29.3 Å². The summed E-state index contributed by atoms with van der Waals surface area (Å²) in [5.41, 5.74) is 3.48. The zero-order valence-electron chi connectivity index (χ0n) is 26.6. The highest BCUT2D eigenvalue weighted by molar-refractivity contribution is 5.84. The third-order valence-electron chi connectivity index (χ3n) is 8.80. The molecule has 238 valence electrons.